The second-order valence-electron chi connectivity index (χ2n) is 6.23. The Bertz CT molecular complexity index is 895. The van der Waals surface area contributed by atoms with Crippen molar-refractivity contribution in [3.8, 4) is 11.1 Å². The molecule has 126 valence electrons. The molecule has 2 aliphatic heterocycles. The van der Waals surface area contributed by atoms with E-state index in [2.05, 4.69) is 21.2 Å². The first-order chi connectivity index (χ1) is 12.1. The molecule has 1 unspecified atom stereocenters. The van der Waals surface area contributed by atoms with E-state index in [0.717, 1.165) is 21.2 Å². The van der Waals surface area contributed by atoms with Crippen molar-refractivity contribution in [2.45, 2.75) is 25.4 Å². The number of rotatable bonds is 2. The number of imide groups is 1. The maximum absolute atomic E-state index is 13.0. The van der Waals surface area contributed by atoms with E-state index in [0.29, 0.717) is 18.5 Å². The van der Waals surface area contributed by atoms with Crippen molar-refractivity contribution in [2.75, 3.05) is 0 Å². The smallest absolute Gasteiger partial charge is 0.256 e. The van der Waals surface area contributed by atoms with Crippen LogP contribution in [0.5, 0.6) is 0 Å². The van der Waals surface area contributed by atoms with Gasteiger partial charge in [0, 0.05) is 17.4 Å². The standard InChI is InChI=1S/C19H15BrN2O3/c20-17-13(11-4-2-1-3-5-11)7-6-12-10-22(19(25)16(12)17)14-8-9-15(23)21-18(14)24/h1-7,14H,8-10H2,(H,21,23,24). The molecule has 5 nitrogen and oxygen atoms in total. The molecule has 0 aliphatic carbocycles. The molecule has 4 rings (SSSR count). The van der Waals surface area contributed by atoms with Gasteiger partial charge in [0.15, 0.2) is 0 Å². The van der Waals surface area contributed by atoms with Gasteiger partial charge in [-0.25, -0.2) is 0 Å². The normalized spacial score (nSPS) is 19.8. The molecule has 25 heavy (non-hydrogen) atoms. The number of piperidine rings is 1. The molecule has 2 aromatic rings. The highest BCUT2D eigenvalue weighted by Gasteiger charge is 2.40. The molecular formula is C19H15BrN2O3. The Balaban J connectivity index is 1.70. The molecule has 0 bridgehead atoms. The highest BCUT2D eigenvalue weighted by atomic mass is 79.9. The van der Waals surface area contributed by atoms with Gasteiger partial charge >= 0.3 is 0 Å². The van der Waals surface area contributed by atoms with Gasteiger partial charge in [-0.2, -0.15) is 0 Å². The van der Waals surface area contributed by atoms with Gasteiger partial charge in [-0.3, -0.25) is 19.7 Å². The maximum atomic E-state index is 13.0. The molecule has 6 heteroatoms. The van der Waals surface area contributed by atoms with Crippen molar-refractivity contribution in [1.29, 1.82) is 0 Å². The lowest BCUT2D eigenvalue weighted by molar-refractivity contribution is -0.136. The summed E-state index contributed by atoms with van der Waals surface area (Å²) >= 11 is 3.58. The minimum Gasteiger partial charge on any atom is -0.322 e. The predicted octanol–water partition coefficient (Wildman–Crippen LogP) is 2.88. The number of carbonyl (C=O) groups is 3. The Hall–Kier alpha value is -2.47. The van der Waals surface area contributed by atoms with Gasteiger partial charge in [-0.05, 0) is 39.0 Å². The van der Waals surface area contributed by atoms with Gasteiger partial charge < -0.3 is 4.90 Å². The minimum absolute atomic E-state index is 0.172. The van der Waals surface area contributed by atoms with Crippen LogP contribution in [-0.2, 0) is 16.1 Å². The van der Waals surface area contributed by atoms with Crippen LogP contribution in [0.25, 0.3) is 11.1 Å². The van der Waals surface area contributed by atoms with Crippen molar-refractivity contribution >= 4 is 33.7 Å². The zero-order valence-electron chi connectivity index (χ0n) is 13.3. The third-order valence-corrected chi connectivity index (χ3v) is 5.54. The van der Waals surface area contributed by atoms with E-state index >= 15 is 0 Å². The monoisotopic (exact) mass is 398 g/mol. The molecule has 1 atom stereocenters. The number of hydrogen-bond acceptors (Lipinski definition) is 3. The van der Waals surface area contributed by atoms with Gasteiger partial charge in [0.05, 0.1) is 5.56 Å². The van der Waals surface area contributed by atoms with E-state index in [9.17, 15) is 14.4 Å². The highest BCUT2D eigenvalue weighted by Crippen LogP contribution is 2.38. The molecule has 2 heterocycles. The predicted molar refractivity (Wildman–Crippen MR) is 95.6 cm³/mol. The summed E-state index contributed by atoms with van der Waals surface area (Å²) in [7, 11) is 0. The van der Waals surface area contributed by atoms with Gasteiger partial charge in [0.1, 0.15) is 6.04 Å². The molecule has 0 spiro atoms. The SMILES string of the molecule is O=C1CCC(N2Cc3ccc(-c4ccccc4)c(Br)c3C2=O)C(=O)N1. The average Bonchev–Trinajstić information content (AvgIpc) is 2.93. The average molecular weight is 399 g/mol. The third-order valence-electron chi connectivity index (χ3n) is 4.71. The second-order valence-corrected chi connectivity index (χ2v) is 7.02. The van der Waals surface area contributed by atoms with Crippen molar-refractivity contribution in [1.82, 2.24) is 10.2 Å². The summed E-state index contributed by atoms with van der Waals surface area (Å²) in [5, 5.41) is 2.32. The number of benzene rings is 2. The molecule has 0 radical (unpaired) electrons. The van der Waals surface area contributed by atoms with Crippen LogP contribution in [0.3, 0.4) is 0 Å². The fraction of sp³-hybridized carbons (Fsp3) is 0.211. The summed E-state index contributed by atoms with van der Waals surface area (Å²) in [4.78, 5) is 38.0. The van der Waals surface area contributed by atoms with E-state index in [1.165, 1.54) is 0 Å². The zero-order valence-corrected chi connectivity index (χ0v) is 14.9. The van der Waals surface area contributed by atoms with Crippen LogP contribution in [0, 0.1) is 0 Å². The van der Waals surface area contributed by atoms with Crippen molar-refractivity contribution in [3.63, 3.8) is 0 Å². The highest BCUT2D eigenvalue weighted by molar-refractivity contribution is 9.10. The van der Waals surface area contributed by atoms with Crippen molar-refractivity contribution < 1.29 is 14.4 Å². The first-order valence-corrected chi connectivity index (χ1v) is 8.87. The summed E-state index contributed by atoms with van der Waals surface area (Å²) in [5.74, 6) is -0.844. The van der Waals surface area contributed by atoms with Gasteiger partial charge in [-0.1, -0.05) is 42.5 Å². The van der Waals surface area contributed by atoms with E-state index < -0.39 is 11.9 Å². The summed E-state index contributed by atoms with van der Waals surface area (Å²) in [5.41, 5.74) is 3.45. The molecule has 1 N–H and O–H groups in total. The Morgan fingerprint density at radius 1 is 1.04 bits per heavy atom. The molecular weight excluding hydrogens is 384 g/mol. The largest absolute Gasteiger partial charge is 0.322 e. The lowest BCUT2D eigenvalue weighted by Crippen LogP contribution is -2.52. The third kappa shape index (κ3) is 2.66. The number of hydrogen-bond donors (Lipinski definition) is 1. The fourth-order valence-electron chi connectivity index (χ4n) is 3.45. The summed E-state index contributed by atoms with van der Waals surface area (Å²) in [6.45, 7) is 0.383. The number of nitrogens with zero attached hydrogens (tertiary/aromatic N) is 1. The van der Waals surface area contributed by atoms with Gasteiger partial charge in [0.2, 0.25) is 11.8 Å². The van der Waals surface area contributed by atoms with E-state index in [1.54, 1.807) is 4.90 Å². The first-order valence-electron chi connectivity index (χ1n) is 8.07. The molecule has 1 saturated heterocycles. The quantitative estimate of drug-likeness (QED) is 0.790. The van der Waals surface area contributed by atoms with Crippen LogP contribution in [-0.4, -0.2) is 28.7 Å². The van der Waals surface area contributed by atoms with Crippen LogP contribution in [0.4, 0.5) is 0 Å². The van der Waals surface area contributed by atoms with Crippen LogP contribution in [0.1, 0.15) is 28.8 Å². The summed E-state index contributed by atoms with van der Waals surface area (Å²) in [6, 6.07) is 13.2. The Kier molecular flexibility index (Phi) is 3.92. The van der Waals surface area contributed by atoms with Crippen LogP contribution in [0.15, 0.2) is 46.9 Å². The fourth-order valence-corrected chi connectivity index (χ4v) is 4.24. The molecule has 2 aliphatic rings. The topological polar surface area (TPSA) is 66.5 Å². The maximum Gasteiger partial charge on any atom is 0.256 e. The summed E-state index contributed by atoms with van der Waals surface area (Å²) in [6.07, 6.45) is 0.626. The molecule has 0 aromatic heterocycles. The number of nitrogens with one attached hydrogen (secondary N) is 1. The number of halogens is 1. The molecule has 0 saturated carbocycles. The lowest BCUT2D eigenvalue weighted by Gasteiger charge is -2.29. The van der Waals surface area contributed by atoms with Crippen molar-refractivity contribution in [3.05, 3.63) is 58.1 Å². The van der Waals surface area contributed by atoms with E-state index in [4.69, 9.17) is 0 Å². The molecule has 2 aromatic carbocycles. The van der Waals surface area contributed by atoms with Crippen LogP contribution in [0.2, 0.25) is 0 Å². The van der Waals surface area contributed by atoms with Crippen LogP contribution < -0.4 is 5.32 Å². The lowest BCUT2D eigenvalue weighted by atomic mass is 10.0. The minimum atomic E-state index is -0.593. The van der Waals surface area contributed by atoms with E-state index in [1.807, 2.05) is 42.5 Å². The molecule has 1 fully saturated rings. The Morgan fingerprint density at radius 3 is 2.52 bits per heavy atom. The Morgan fingerprint density at radius 2 is 1.80 bits per heavy atom. The Labute approximate surface area is 153 Å². The number of fused-ring (bicyclic) bond motifs is 1. The first kappa shape index (κ1) is 16.0. The van der Waals surface area contributed by atoms with Gasteiger partial charge in [-0.15, -0.1) is 0 Å². The van der Waals surface area contributed by atoms with Gasteiger partial charge in [0.25, 0.3) is 5.91 Å². The van der Waals surface area contributed by atoms with Crippen molar-refractivity contribution in [2.24, 2.45) is 0 Å². The second kappa shape index (κ2) is 6.11. The summed E-state index contributed by atoms with van der Waals surface area (Å²) < 4.78 is 0.746. The zero-order chi connectivity index (χ0) is 17.6. The number of carbonyl (C=O) groups excluding carboxylic acids is 3. The van der Waals surface area contributed by atoms with Crippen LogP contribution >= 0.6 is 15.9 Å². The molecule has 3 amide bonds. The van der Waals surface area contributed by atoms with E-state index in [-0.39, 0.29) is 18.2 Å². The number of amides is 3.